The lowest BCUT2D eigenvalue weighted by atomic mass is 10.0. The highest BCUT2D eigenvalue weighted by Crippen LogP contribution is 2.38. The van der Waals surface area contributed by atoms with Crippen molar-refractivity contribution in [1.82, 2.24) is 24.8 Å². The van der Waals surface area contributed by atoms with Gasteiger partial charge in [-0.3, -0.25) is 14.7 Å². The zero-order valence-corrected chi connectivity index (χ0v) is 23.4. The van der Waals surface area contributed by atoms with Crippen molar-refractivity contribution in [2.24, 2.45) is 0 Å². The predicted octanol–water partition coefficient (Wildman–Crippen LogP) is 5.72. The largest absolute Gasteiger partial charge is 0.455 e. The summed E-state index contributed by atoms with van der Waals surface area (Å²) < 4.78 is 19.4. The fourth-order valence-corrected chi connectivity index (χ4v) is 6.39. The van der Waals surface area contributed by atoms with E-state index in [1.54, 1.807) is 29.9 Å². The van der Waals surface area contributed by atoms with Crippen LogP contribution in [0.4, 0.5) is 15.9 Å². The molecule has 40 heavy (non-hydrogen) atoms. The number of thiophene rings is 1. The number of fused-ring (bicyclic) bond motifs is 3. The summed E-state index contributed by atoms with van der Waals surface area (Å²) in [5.41, 5.74) is 4.03. The van der Waals surface area contributed by atoms with Crippen LogP contribution in [-0.4, -0.2) is 63.0 Å². The first-order chi connectivity index (χ1) is 19.4. The number of nitrogens with zero attached hydrogens (tertiary/aromatic N) is 5. The van der Waals surface area contributed by atoms with Gasteiger partial charge in [-0.2, -0.15) is 0 Å². The number of pyridine rings is 1. The molecule has 5 heterocycles. The number of aryl methyl sites for hydroxylation is 2. The van der Waals surface area contributed by atoms with Gasteiger partial charge in [-0.15, -0.1) is 11.3 Å². The van der Waals surface area contributed by atoms with Crippen molar-refractivity contribution in [1.29, 1.82) is 0 Å². The molecule has 4 aromatic rings. The number of aromatic nitrogens is 3. The maximum Gasteiger partial charge on any atom is 0.246 e. The third-order valence-electron chi connectivity index (χ3n) is 7.34. The van der Waals surface area contributed by atoms with Crippen molar-refractivity contribution in [2.75, 3.05) is 31.5 Å². The Balaban J connectivity index is 1.15. The molecule has 2 aliphatic rings. The van der Waals surface area contributed by atoms with Crippen LogP contribution in [0.3, 0.4) is 0 Å². The second kappa shape index (κ2) is 11.3. The summed E-state index contributed by atoms with van der Waals surface area (Å²) in [6, 6.07) is 9.78. The van der Waals surface area contributed by atoms with E-state index >= 15 is 0 Å². The van der Waals surface area contributed by atoms with E-state index in [9.17, 15) is 9.18 Å². The molecule has 0 saturated carbocycles. The molecular weight excluding hydrogens is 527 g/mol. The van der Waals surface area contributed by atoms with Crippen molar-refractivity contribution < 1.29 is 13.9 Å². The van der Waals surface area contributed by atoms with Gasteiger partial charge >= 0.3 is 0 Å². The van der Waals surface area contributed by atoms with E-state index in [4.69, 9.17) is 4.74 Å². The van der Waals surface area contributed by atoms with E-state index in [0.29, 0.717) is 38.3 Å². The molecule has 8 nitrogen and oxygen atoms in total. The zero-order valence-electron chi connectivity index (χ0n) is 22.6. The highest BCUT2D eigenvalue weighted by molar-refractivity contribution is 7.19. The minimum Gasteiger partial charge on any atom is -0.455 e. The third kappa shape index (κ3) is 5.68. The van der Waals surface area contributed by atoms with Crippen LogP contribution in [0, 0.1) is 13.8 Å². The number of nitrogens with one attached hydrogen (secondary N) is 1. The van der Waals surface area contributed by atoms with Gasteiger partial charge in [-0.1, -0.05) is 6.08 Å². The highest BCUT2D eigenvalue weighted by Gasteiger charge is 2.26. The Kier molecular flexibility index (Phi) is 7.44. The summed E-state index contributed by atoms with van der Waals surface area (Å²) in [7, 11) is 0. The summed E-state index contributed by atoms with van der Waals surface area (Å²) in [6.07, 6.45) is 7.34. The fourth-order valence-electron chi connectivity index (χ4n) is 5.19. The number of carbonyl (C=O) groups excluding carboxylic acids is 1. The average molecular weight is 559 g/mol. The monoisotopic (exact) mass is 558 g/mol. The molecule has 0 spiro atoms. The number of carbonyl (C=O) groups is 1. The van der Waals surface area contributed by atoms with Crippen LogP contribution in [0.15, 0.2) is 55.0 Å². The summed E-state index contributed by atoms with van der Waals surface area (Å²) in [5, 5.41) is 4.50. The van der Waals surface area contributed by atoms with Crippen molar-refractivity contribution in [3.63, 3.8) is 0 Å². The highest BCUT2D eigenvalue weighted by atomic mass is 32.1. The second-order valence-electron chi connectivity index (χ2n) is 10.3. The fraction of sp³-hybridized carbons (Fsp3) is 0.333. The van der Waals surface area contributed by atoms with Crippen molar-refractivity contribution in [3.8, 4) is 11.5 Å². The van der Waals surface area contributed by atoms with Gasteiger partial charge in [0, 0.05) is 48.5 Å². The number of anilines is 2. The number of halogens is 1. The van der Waals surface area contributed by atoms with Crippen molar-refractivity contribution in [2.45, 2.75) is 39.4 Å². The minimum absolute atomic E-state index is 0.0114. The van der Waals surface area contributed by atoms with E-state index in [1.807, 2.05) is 60.1 Å². The number of hydrogen-bond acceptors (Lipinski definition) is 8. The molecule has 2 aliphatic heterocycles. The lowest BCUT2D eigenvalue weighted by molar-refractivity contribution is -0.126. The van der Waals surface area contributed by atoms with E-state index in [2.05, 4.69) is 20.3 Å². The van der Waals surface area contributed by atoms with Crippen LogP contribution >= 0.6 is 11.3 Å². The number of likely N-dealkylation sites (tertiary alicyclic amines) is 1. The van der Waals surface area contributed by atoms with Gasteiger partial charge in [0.05, 0.1) is 18.1 Å². The van der Waals surface area contributed by atoms with E-state index in [-0.39, 0.29) is 5.91 Å². The molecule has 1 atom stereocenters. The molecule has 0 radical (unpaired) electrons. The maximum atomic E-state index is 13.4. The Morgan fingerprint density at radius 3 is 2.88 bits per heavy atom. The molecule has 1 saturated heterocycles. The standard InChI is InChI=1S/C30H31FN6O2S/c1-19-14-22(6-8-25(19)39-23-7-5-20(2)32-15-23)35-29-28-24-10-13-37(17-26(24)40-30(28)34-18-33-29)27(38)4-3-11-36-12-9-21(31)16-36/h3-8,14-15,18,21H,9-13,16-17H2,1-2H3,(H,33,34,35)/b4-3+/t21-/m0/s1. The summed E-state index contributed by atoms with van der Waals surface area (Å²) in [5.74, 6) is 2.21. The minimum atomic E-state index is -0.751. The number of amides is 1. The number of benzene rings is 1. The first kappa shape index (κ1) is 26.3. The van der Waals surface area contributed by atoms with Crippen LogP contribution < -0.4 is 10.1 Å². The molecule has 3 aromatic heterocycles. The van der Waals surface area contributed by atoms with Gasteiger partial charge in [-0.25, -0.2) is 14.4 Å². The molecule has 0 aliphatic carbocycles. The number of rotatable bonds is 7. The summed E-state index contributed by atoms with van der Waals surface area (Å²) in [4.78, 5) is 32.2. The molecule has 0 bridgehead atoms. The van der Waals surface area contributed by atoms with E-state index in [1.165, 1.54) is 5.56 Å². The Hall–Kier alpha value is -3.89. The normalized spacial score (nSPS) is 17.5. The summed E-state index contributed by atoms with van der Waals surface area (Å²) >= 11 is 1.61. The van der Waals surface area contributed by atoms with Gasteiger partial charge in [0.15, 0.2) is 0 Å². The van der Waals surface area contributed by atoms with Crippen LogP contribution in [0.25, 0.3) is 10.2 Å². The quantitative estimate of drug-likeness (QED) is 0.290. The van der Waals surface area contributed by atoms with Gasteiger partial charge in [0.2, 0.25) is 5.91 Å². The molecule has 1 N–H and O–H groups in total. The average Bonchev–Trinajstić information content (AvgIpc) is 3.54. The molecular formula is C30H31FN6O2S. The number of ether oxygens (including phenoxy) is 1. The van der Waals surface area contributed by atoms with Gasteiger partial charge < -0.3 is 15.0 Å². The van der Waals surface area contributed by atoms with Crippen molar-refractivity contribution >= 4 is 39.0 Å². The first-order valence-electron chi connectivity index (χ1n) is 13.5. The number of alkyl halides is 1. The van der Waals surface area contributed by atoms with Crippen LogP contribution in [0.2, 0.25) is 0 Å². The Morgan fingerprint density at radius 2 is 2.10 bits per heavy atom. The molecule has 1 aromatic carbocycles. The Bertz CT molecular complexity index is 1570. The predicted molar refractivity (Wildman–Crippen MR) is 155 cm³/mol. The first-order valence-corrected chi connectivity index (χ1v) is 14.3. The Labute approximate surface area is 236 Å². The van der Waals surface area contributed by atoms with Gasteiger partial charge in [-0.05, 0) is 68.1 Å². The zero-order chi connectivity index (χ0) is 27.6. The summed E-state index contributed by atoms with van der Waals surface area (Å²) in [6.45, 7) is 6.93. The molecule has 0 unspecified atom stereocenters. The second-order valence-corrected chi connectivity index (χ2v) is 11.4. The molecule has 1 amide bonds. The molecule has 1 fully saturated rings. The van der Waals surface area contributed by atoms with Crippen LogP contribution in [-0.2, 0) is 17.8 Å². The van der Waals surface area contributed by atoms with Crippen LogP contribution in [0.5, 0.6) is 11.5 Å². The third-order valence-corrected chi connectivity index (χ3v) is 8.46. The SMILES string of the molecule is Cc1ccc(Oc2ccc(Nc3ncnc4sc5c(c34)CCN(C(=O)/C=C/CN3CC[C@H](F)C3)C5)cc2C)cn1. The molecule has 6 rings (SSSR count). The number of hydrogen-bond donors (Lipinski definition) is 1. The lowest BCUT2D eigenvalue weighted by Crippen LogP contribution is -2.34. The van der Waals surface area contributed by atoms with E-state index < -0.39 is 6.17 Å². The Morgan fingerprint density at radius 1 is 1.20 bits per heavy atom. The van der Waals surface area contributed by atoms with Gasteiger partial charge in [0.25, 0.3) is 0 Å². The molecule has 206 valence electrons. The van der Waals surface area contributed by atoms with Crippen LogP contribution in [0.1, 0.15) is 28.1 Å². The topological polar surface area (TPSA) is 83.5 Å². The van der Waals surface area contributed by atoms with Gasteiger partial charge in [0.1, 0.15) is 34.6 Å². The van der Waals surface area contributed by atoms with E-state index in [0.717, 1.165) is 56.6 Å². The smallest absolute Gasteiger partial charge is 0.246 e. The maximum absolute atomic E-state index is 13.4. The molecule has 10 heteroatoms. The van der Waals surface area contributed by atoms with Crippen molar-refractivity contribution in [3.05, 3.63) is 76.7 Å². The lowest BCUT2D eigenvalue weighted by Gasteiger charge is -2.26.